The van der Waals surface area contributed by atoms with Crippen molar-refractivity contribution in [3.8, 4) is 0 Å². The molecule has 4 rings (SSSR count). The van der Waals surface area contributed by atoms with Gasteiger partial charge in [-0.2, -0.15) is 0 Å². The fraction of sp³-hybridized carbons (Fsp3) is 0.467. The third-order valence-electron chi connectivity index (χ3n) is 4.47. The lowest BCUT2D eigenvalue weighted by atomic mass is 10.1. The van der Waals surface area contributed by atoms with Crippen molar-refractivity contribution in [1.82, 2.24) is 9.55 Å². The minimum atomic E-state index is -0.957. The van der Waals surface area contributed by atoms with E-state index in [1.54, 1.807) is 12.1 Å². The Morgan fingerprint density at radius 2 is 1.90 bits per heavy atom. The number of hydrogen-bond donors (Lipinski definition) is 2. The number of carboxylic acid groups (broad SMARTS) is 1. The zero-order chi connectivity index (χ0) is 13.9. The largest absolute Gasteiger partial charge is 0.478 e. The van der Waals surface area contributed by atoms with Gasteiger partial charge in [-0.3, -0.25) is 4.57 Å². The molecule has 1 aromatic carbocycles. The number of aromatic nitrogens is 2. The first-order valence-electron chi connectivity index (χ1n) is 7.12. The first kappa shape index (κ1) is 11.8. The Morgan fingerprint density at radius 1 is 1.25 bits per heavy atom. The number of carboxylic acids is 1. The summed E-state index contributed by atoms with van der Waals surface area (Å²) in [6, 6.07) is 5.09. The smallest absolute Gasteiger partial charge is 0.335 e. The van der Waals surface area contributed by atoms with Gasteiger partial charge in [0, 0.05) is 6.04 Å². The second-order valence-corrected chi connectivity index (χ2v) is 6.00. The average Bonchev–Trinajstić information content (AvgIpc) is 3.30. The van der Waals surface area contributed by atoms with E-state index in [0.29, 0.717) is 11.8 Å². The van der Waals surface area contributed by atoms with Crippen molar-refractivity contribution in [2.45, 2.75) is 31.7 Å². The van der Waals surface area contributed by atoms with Crippen molar-refractivity contribution in [1.29, 1.82) is 0 Å². The van der Waals surface area contributed by atoms with Crippen LogP contribution in [-0.4, -0.2) is 20.6 Å². The van der Waals surface area contributed by atoms with Gasteiger partial charge in [-0.1, -0.05) is 0 Å². The molecule has 104 valence electrons. The molecule has 1 heterocycles. The first-order valence-corrected chi connectivity index (χ1v) is 7.12. The molecule has 0 aliphatic heterocycles. The number of hydrogen-bond acceptors (Lipinski definition) is 2. The van der Waals surface area contributed by atoms with E-state index in [9.17, 15) is 9.59 Å². The third kappa shape index (κ3) is 1.77. The first-order chi connectivity index (χ1) is 9.65. The summed E-state index contributed by atoms with van der Waals surface area (Å²) in [6.07, 6.45) is 4.72. The maximum atomic E-state index is 12.3. The Kier molecular flexibility index (Phi) is 2.34. The lowest BCUT2D eigenvalue weighted by molar-refractivity contribution is 0.0697. The Morgan fingerprint density at radius 3 is 2.45 bits per heavy atom. The standard InChI is InChI=1S/C15H16N2O3/c18-14(19)10-5-6-11-12(7-10)17(15(20)16-11)13(8-1-2-8)9-3-4-9/h5-9,13H,1-4H2,(H,16,20)(H,18,19). The van der Waals surface area contributed by atoms with Crippen LogP contribution in [0.2, 0.25) is 0 Å². The van der Waals surface area contributed by atoms with Gasteiger partial charge in [-0.15, -0.1) is 0 Å². The molecule has 0 radical (unpaired) electrons. The molecule has 0 saturated heterocycles. The molecule has 2 saturated carbocycles. The quantitative estimate of drug-likeness (QED) is 0.897. The van der Waals surface area contributed by atoms with Gasteiger partial charge in [0.2, 0.25) is 0 Å². The summed E-state index contributed by atoms with van der Waals surface area (Å²) in [7, 11) is 0. The van der Waals surface area contributed by atoms with Crippen LogP contribution >= 0.6 is 0 Å². The molecule has 1 aromatic heterocycles. The minimum absolute atomic E-state index is 0.105. The van der Waals surface area contributed by atoms with E-state index >= 15 is 0 Å². The van der Waals surface area contributed by atoms with E-state index in [-0.39, 0.29) is 17.3 Å². The van der Waals surface area contributed by atoms with Crippen LogP contribution in [0.4, 0.5) is 0 Å². The van der Waals surface area contributed by atoms with Gasteiger partial charge in [-0.25, -0.2) is 9.59 Å². The number of aromatic carboxylic acids is 1. The van der Waals surface area contributed by atoms with Crippen molar-refractivity contribution in [3.05, 3.63) is 34.2 Å². The van der Waals surface area contributed by atoms with E-state index < -0.39 is 5.97 Å². The SMILES string of the molecule is O=C(O)c1ccc2[nH]c(=O)n(C(C3CC3)C3CC3)c2c1. The van der Waals surface area contributed by atoms with Crippen LogP contribution in [0, 0.1) is 11.8 Å². The molecule has 0 spiro atoms. The average molecular weight is 272 g/mol. The Bertz CT molecular complexity index is 738. The Balaban J connectivity index is 1.92. The summed E-state index contributed by atoms with van der Waals surface area (Å²) in [5, 5.41) is 9.13. The van der Waals surface area contributed by atoms with Gasteiger partial charge < -0.3 is 10.1 Å². The number of imidazole rings is 1. The van der Waals surface area contributed by atoms with Gasteiger partial charge in [0.15, 0.2) is 0 Å². The van der Waals surface area contributed by atoms with E-state index in [2.05, 4.69) is 4.98 Å². The Hall–Kier alpha value is -2.04. The molecular weight excluding hydrogens is 256 g/mol. The summed E-state index contributed by atoms with van der Waals surface area (Å²) in [6.45, 7) is 0. The number of aromatic amines is 1. The van der Waals surface area contributed by atoms with Crippen LogP contribution in [0.3, 0.4) is 0 Å². The molecule has 0 unspecified atom stereocenters. The van der Waals surface area contributed by atoms with Gasteiger partial charge in [0.1, 0.15) is 0 Å². The number of fused-ring (bicyclic) bond motifs is 1. The van der Waals surface area contributed by atoms with Crippen LogP contribution < -0.4 is 5.69 Å². The van der Waals surface area contributed by atoms with Gasteiger partial charge >= 0.3 is 11.7 Å². The van der Waals surface area contributed by atoms with Gasteiger partial charge in [0.05, 0.1) is 16.6 Å². The molecule has 5 heteroatoms. The van der Waals surface area contributed by atoms with Crippen molar-refractivity contribution in [2.24, 2.45) is 11.8 Å². The van der Waals surface area contributed by atoms with E-state index in [1.807, 2.05) is 4.57 Å². The van der Waals surface area contributed by atoms with Crippen molar-refractivity contribution < 1.29 is 9.90 Å². The number of rotatable bonds is 4. The van der Waals surface area contributed by atoms with Crippen LogP contribution in [0.15, 0.2) is 23.0 Å². The molecule has 5 nitrogen and oxygen atoms in total. The highest BCUT2D eigenvalue weighted by molar-refractivity contribution is 5.92. The molecule has 0 atom stereocenters. The molecule has 2 aromatic rings. The predicted molar refractivity (Wildman–Crippen MR) is 74.0 cm³/mol. The third-order valence-corrected chi connectivity index (χ3v) is 4.47. The molecule has 0 amide bonds. The highest BCUT2D eigenvalue weighted by atomic mass is 16.4. The zero-order valence-electron chi connectivity index (χ0n) is 11.0. The highest BCUT2D eigenvalue weighted by Crippen LogP contribution is 2.52. The fourth-order valence-corrected chi connectivity index (χ4v) is 3.23. The van der Waals surface area contributed by atoms with Crippen molar-refractivity contribution in [3.63, 3.8) is 0 Å². The van der Waals surface area contributed by atoms with Gasteiger partial charge in [0.25, 0.3) is 0 Å². The molecule has 2 N–H and O–H groups in total. The number of carbonyl (C=O) groups is 1. The monoisotopic (exact) mass is 272 g/mol. The molecule has 2 aliphatic rings. The van der Waals surface area contributed by atoms with Crippen LogP contribution in [-0.2, 0) is 0 Å². The lowest BCUT2D eigenvalue weighted by Crippen LogP contribution is -2.25. The maximum absolute atomic E-state index is 12.3. The van der Waals surface area contributed by atoms with E-state index in [4.69, 9.17) is 5.11 Å². The zero-order valence-corrected chi connectivity index (χ0v) is 11.0. The molecule has 2 aliphatic carbocycles. The maximum Gasteiger partial charge on any atom is 0.335 e. The van der Waals surface area contributed by atoms with Crippen LogP contribution in [0.1, 0.15) is 42.1 Å². The summed E-state index contributed by atoms with van der Waals surface area (Å²) >= 11 is 0. The van der Waals surface area contributed by atoms with Crippen LogP contribution in [0.25, 0.3) is 11.0 Å². The van der Waals surface area contributed by atoms with E-state index in [0.717, 1.165) is 11.0 Å². The topological polar surface area (TPSA) is 75.1 Å². The normalized spacial score (nSPS) is 18.9. The summed E-state index contributed by atoms with van der Waals surface area (Å²) in [5.74, 6) is 0.224. The van der Waals surface area contributed by atoms with Crippen LogP contribution in [0.5, 0.6) is 0 Å². The lowest BCUT2D eigenvalue weighted by Gasteiger charge is -2.17. The summed E-state index contributed by atoms with van der Waals surface area (Å²) in [5.41, 5.74) is 1.59. The second-order valence-electron chi connectivity index (χ2n) is 6.00. The van der Waals surface area contributed by atoms with Crippen molar-refractivity contribution in [2.75, 3.05) is 0 Å². The molecule has 2 fully saturated rings. The number of nitrogens with one attached hydrogen (secondary N) is 1. The minimum Gasteiger partial charge on any atom is -0.478 e. The van der Waals surface area contributed by atoms with Crippen molar-refractivity contribution >= 4 is 17.0 Å². The Labute approximate surface area is 115 Å². The number of H-pyrrole nitrogens is 1. The second kappa shape index (κ2) is 3.98. The van der Waals surface area contributed by atoms with Gasteiger partial charge in [-0.05, 0) is 55.7 Å². The highest BCUT2D eigenvalue weighted by Gasteiger charge is 2.43. The number of nitrogens with zero attached hydrogens (tertiary/aromatic N) is 1. The molecule has 0 bridgehead atoms. The summed E-state index contributed by atoms with van der Waals surface area (Å²) < 4.78 is 1.82. The summed E-state index contributed by atoms with van der Waals surface area (Å²) in [4.78, 5) is 26.3. The van der Waals surface area contributed by atoms with E-state index in [1.165, 1.54) is 31.7 Å². The predicted octanol–water partition coefficient (Wildman–Crippen LogP) is 2.39. The molecule has 20 heavy (non-hydrogen) atoms. The fourth-order valence-electron chi connectivity index (χ4n) is 3.23. The number of benzene rings is 1. The molecular formula is C15H16N2O3.